The SMILES string of the molecule is Cc1ccc(C(N)C(=O)N2CCCC(CNS(C)(=O)=O)C2)cc1.Cl. The maximum Gasteiger partial charge on any atom is 0.244 e. The molecular formula is C16H26ClN3O3S. The van der Waals surface area contributed by atoms with E-state index in [0.717, 1.165) is 30.2 Å². The van der Waals surface area contributed by atoms with E-state index in [1.54, 1.807) is 4.90 Å². The van der Waals surface area contributed by atoms with Gasteiger partial charge in [0.2, 0.25) is 15.9 Å². The lowest BCUT2D eigenvalue weighted by atomic mass is 9.96. The van der Waals surface area contributed by atoms with E-state index >= 15 is 0 Å². The fourth-order valence-electron chi connectivity index (χ4n) is 2.81. The molecule has 2 unspecified atom stereocenters. The summed E-state index contributed by atoms with van der Waals surface area (Å²) in [6.45, 7) is 3.57. The maximum atomic E-state index is 12.6. The van der Waals surface area contributed by atoms with Gasteiger partial charge in [0.1, 0.15) is 6.04 Å². The van der Waals surface area contributed by atoms with E-state index in [9.17, 15) is 13.2 Å². The molecule has 1 saturated heterocycles. The highest BCUT2D eigenvalue weighted by molar-refractivity contribution is 7.88. The Kier molecular flexibility index (Phi) is 7.66. The van der Waals surface area contributed by atoms with Crippen LogP contribution >= 0.6 is 12.4 Å². The number of nitrogens with one attached hydrogen (secondary N) is 1. The average molecular weight is 376 g/mol. The topological polar surface area (TPSA) is 92.5 Å². The molecule has 6 nitrogen and oxygen atoms in total. The number of benzene rings is 1. The lowest BCUT2D eigenvalue weighted by molar-refractivity contribution is -0.134. The molecule has 3 N–H and O–H groups in total. The molecule has 24 heavy (non-hydrogen) atoms. The van der Waals surface area contributed by atoms with Crippen LogP contribution in [0.25, 0.3) is 0 Å². The van der Waals surface area contributed by atoms with Gasteiger partial charge in [-0.2, -0.15) is 0 Å². The smallest absolute Gasteiger partial charge is 0.244 e. The monoisotopic (exact) mass is 375 g/mol. The number of sulfonamides is 1. The van der Waals surface area contributed by atoms with E-state index in [0.29, 0.717) is 19.6 Å². The molecule has 8 heteroatoms. The summed E-state index contributed by atoms with van der Waals surface area (Å²) >= 11 is 0. The fraction of sp³-hybridized carbons (Fsp3) is 0.562. The van der Waals surface area contributed by atoms with Crippen molar-refractivity contribution in [2.24, 2.45) is 11.7 Å². The number of aryl methyl sites for hydroxylation is 1. The predicted octanol–water partition coefficient (Wildman–Crippen LogP) is 1.20. The molecule has 1 aliphatic heterocycles. The largest absolute Gasteiger partial charge is 0.341 e. The second kappa shape index (κ2) is 8.80. The summed E-state index contributed by atoms with van der Waals surface area (Å²) in [5.74, 6) is 0.0329. The Bertz CT molecular complexity index is 649. The van der Waals surface area contributed by atoms with E-state index in [4.69, 9.17) is 5.73 Å². The van der Waals surface area contributed by atoms with Gasteiger partial charge in [0.15, 0.2) is 0 Å². The minimum Gasteiger partial charge on any atom is -0.341 e. The number of nitrogens with two attached hydrogens (primary N) is 1. The zero-order valence-corrected chi connectivity index (χ0v) is 15.7. The van der Waals surface area contributed by atoms with Crippen molar-refractivity contribution in [2.45, 2.75) is 25.8 Å². The van der Waals surface area contributed by atoms with Crippen LogP contribution < -0.4 is 10.5 Å². The van der Waals surface area contributed by atoms with E-state index in [1.165, 1.54) is 0 Å². The first-order chi connectivity index (χ1) is 10.8. The molecule has 0 spiro atoms. The zero-order valence-electron chi connectivity index (χ0n) is 14.1. The van der Waals surface area contributed by atoms with Crippen LogP contribution in [0.1, 0.15) is 30.0 Å². The number of carbonyl (C=O) groups excluding carboxylic acids is 1. The maximum absolute atomic E-state index is 12.6. The van der Waals surface area contributed by atoms with E-state index in [2.05, 4.69) is 4.72 Å². The number of piperidine rings is 1. The molecule has 0 aliphatic carbocycles. The van der Waals surface area contributed by atoms with Crippen LogP contribution in [0.15, 0.2) is 24.3 Å². The number of nitrogens with zero attached hydrogens (tertiary/aromatic N) is 1. The Morgan fingerprint density at radius 1 is 1.38 bits per heavy atom. The Labute approximate surface area is 150 Å². The van der Waals surface area contributed by atoms with Gasteiger partial charge in [0.05, 0.1) is 6.26 Å². The summed E-state index contributed by atoms with van der Waals surface area (Å²) in [4.78, 5) is 14.3. The van der Waals surface area contributed by atoms with Gasteiger partial charge in [-0.05, 0) is 31.2 Å². The molecule has 1 heterocycles. The molecule has 2 rings (SSSR count). The van der Waals surface area contributed by atoms with Gasteiger partial charge in [-0.1, -0.05) is 29.8 Å². The van der Waals surface area contributed by atoms with Gasteiger partial charge in [0, 0.05) is 19.6 Å². The number of rotatable bonds is 5. The Morgan fingerprint density at radius 3 is 2.58 bits per heavy atom. The van der Waals surface area contributed by atoms with Crippen molar-refractivity contribution in [2.75, 3.05) is 25.9 Å². The van der Waals surface area contributed by atoms with Crippen molar-refractivity contribution in [3.05, 3.63) is 35.4 Å². The van der Waals surface area contributed by atoms with Crippen LogP contribution in [0.2, 0.25) is 0 Å². The highest BCUT2D eigenvalue weighted by atomic mass is 35.5. The summed E-state index contributed by atoms with van der Waals surface area (Å²) in [5, 5.41) is 0. The number of hydrogen-bond donors (Lipinski definition) is 2. The van der Waals surface area contributed by atoms with Crippen molar-refractivity contribution in [1.82, 2.24) is 9.62 Å². The molecule has 0 radical (unpaired) electrons. The van der Waals surface area contributed by atoms with E-state index in [1.807, 2.05) is 31.2 Å². The third-order valence-electron chi connectivity index (χ3n) is 4.17. The Hall–Kier alpha value is -1.15. The van der Waals surface area contributed by atoms with Crippen LogP contribution in [0, 0.1) is 12.8 Å². The number of likely N-dealkylation sites (tertiary alicyclic amines) is 1. The first-order valence-corrected chi connectivity index (χ1v) is 9.71. The van der Waals surface area contributed by atoms with E-state index in [-0.39, 0.29) is 24.2 Å². The molecule has 1 fully saturated rings. The number of hydrogen-bond acceptors (Lipinski definition) is 4. The Morgan fingerprint density at radius 2 is 2.00 bits per heavy atom. The fourth-order valence-corrected chi connectivity index (χ4v) is 3.35. The molecule has 136 valence electrons. The molecule has 1 aliphatic rings. The van der Waals surface area contributed by atoms with Crippen LogP contribution in [-0.4, -0.2) is 45.1 Å². The first-order valence-electron chi connectivity index (χ1n) is 7.82. The average Bonchev–Trinajstić information content (AvgIpc) is 2.52. The molecule has 1 aromatic rings. The molecule has 0 saturated carbocycles. The normalized spacial score (nSPS) is 19.5. The lowest BCUT2D eigenvalue weighted by Crippen LogP contribution is -2.46. The summed E-state index contributed by atoms with van der Waals surface area (Å²) in [7, 11) is -3.20. The molecular weight excluding hydrogens is 350 g/mol. The molecule has 1 amide bonds. The second-order valence-corrected chi connectivity index (χ2v) is 8.13. The quantitative estimate of drug-likeness (QED) is 0.808. The van der Waals surface area contributed by atoms with Gasteiger partial charge in [-0.3, -0.25) is 4.79 Å². The minimum absolute atomic E-state index is 0. The number of amides is 1. The third-order valence-corrected chi connectivity index (χ3v) is 4.86. The van der Waals surface area contributed by atoms with Crippen molar-refractivity contribution in [3.63, 3.8) is 0 Å². The Balaban J connectivity index is 0.00000288. The summed E-state index contributed by atoms with van der Waals surface area (Å²) in [6.07, 6.45) is 2.92. The zero-order chi connectivity index (χ0) is 17.0. The van der Waals surface area contributed by atoms with Crippen LogP contribution in [0.4, 0.5) is 0 Å². The standard InChI is InChI=1S/C16H25N3O3S.ClH/c1-12-5-7-14(8-6-12)15(17)16(20)19-9-3-4-13(11-19)10-18-23(2,21)22;/h5-8,13,15,18H,3-4,9-11,17H2,1-2H3;1H. The third kappa shape index (κ3) is 6.05. The van der Waals surface area contributed by atoms with Gasteiger partial charge in [0.25, 0.3) is 0 Å². The highest BCUT2D eigenvalue weighted by Crippen LogP contribution is 2.20. The van der Waals surface area contributed by atoms with Gasteiger partial charge in [-0.15, -0.1) is 12.4 Å². The molecule has 1 aromatic carbocycles. The first kappa shape index (κ1) is 20.9. The van der Waals surface area contributed by atoms with Gasteiger partial charge in [-0.25, -0.2) is 13.1 Å². The summed E-state index contributed by atoms with van der Waals surface area (Å²) in [6, 6.07) is 6.97. The summed E-state index contributed by atoms with van der Waals surface area (Å²) < 4.78 is 24.9. The second-order valence-electron chi connectivity index (χ2n) is 6.30. The minimum atomic E-state index is -3.20. The highest BCUT2D eigenvalue weighted by Gasteiger charge is 2.28. The van der Waals surface area contributed by atoms with Crippen molar-refractivity contribution >= 4 is 28.3 Å². The number of carbonyl (C=O) groups is 1. The molecule has 0 bridgehead atoms. The van der Waals surface area contributed by atoms with Crippen LogP contribution in [0.3, 0.4) is 0 Å². The van der Waals surface area contributed by atoms with Gasteiger partial charge >= 0.3 is 0 Å². The van der Waals surface area contributed by atoms with Crippen LogP contribution in [0.5, 0.6) is 0 Å². The van der Waals surface area contributed by atoms with Crippen molar-refractivity contribution in [3.8, 4) is 0 Å². The molecule has 0 aromatic heterocycles. The van der Waals surface area contributed by atoms with Crippen molar-refractivity contribution < 1.29 is 13.2 Å². The van der Waals surface area contributed by atoms with Crippen LogP contribution in [-0.2, 0) is 14.8 Å². The van der Waals surface area contributed by atoms with Crippen molar-refractivity contribution in [1.29, 1.82) is 0 Å². The number of halogens is 1. The van der Waals surface area contributed by atoms with Gasteiger partial charge < -0.3 is 10.6 Å². The molecule has 2 atom stereocenters. The predicted molar refractivity (Wildman–Crippen MR) is 97.5 cm³/mol. The van der Waals surface area contributed by atoms with E-state index < -0.39 is 16.1 Å². The summed E-state index contributed by atoms with van der Waals surface area (Å²) in [5.41, 5.74) is 8.03. The lowest BCUT2D eigenvalue weighted by Gasteiger charge is -2.34.